The van der Waals surface area contributed by atoms with Gasteiger partial charge in [-0.2, -0.15) is 5.10 Å². The van der Waals surface area contributed by atoms with Crippen LogP contribution in [0.4, 0.5) is 0 Å². The summed E-state index contributed by atoms with van der Waals surface area (Å²) in [4.78, 5) is 0. The van der Waals surface area contributed by atoms with Crippen LogP contribution < -0.4 is 5.32 Å². The first kappa shape index (κ1) is 15.7. The van der Waals surface area contributed by atoms with Crippen molar-refractivity contribution in [2.45, 2.75) is 19.3 Å². The minimum absolute atomic E-state index is 0.450. The smallest absolute Gasteiger partial charge is 0.0587 e. The Morgan fingerprint density at radius 2 is 2.24 bits per heavy atom. The van der Waals surface area contributed by atoms with E-state index in [0.29, 0.717) is 5.92 Å². The molecule has 21 heavy (non-hydrogen) atoms. The lowest BCUT2D eigenvalue weighted by molar-refractivity contribution is 0.199. The minimum Gasteiger partial charge on any atom is -0.383 e. The molecule has 114 valence electrons. The SMILES string of the molecule is COCCNCC(Cc1cnn(C)c1)c1cccc(C)c1. The van der Waals surface area contributed by atoms with Crippen LogP contribution in [0.1, 0.15) is 22.6 Å². The summed E-state index contributed by atoms with van der Waals surface area (Å²) in [5.41, 5.74) is 3.96. The molecule has 0 amide bonds. The third kappa shape index (κ3) is 4.99. The van der Waals surface area contributed by atoms with Gasteiger partial charge in [-0.25, -0.2) is 0 Å². The zero-order valence-electron chi connectivity index (χ0n) is 13.2. The fourth-order valence-corrected chi connectivity index (χ4v) is 2.54. The molecule has 4 nitrogen and oxygen atoms in total. The normalized spacial score (nSPS) is 12.5. The number of hydrogen-bond acceptors (Lipinski definition) is 3. The zero-order chi connectivity index (χ0) is 15.1. The van der Waals surface area contributed by atoms with Crippen molar-refractivity contribution in [1.29, 1.82) is 0 Å². The zero-order valence-corrected chi connectivity index (χ0v) is 13.2. The third-order valence-corrected chi connectivity index (χ3v) is 3.63. The second-order valence-corrected chi connectivity index (χ2v) is 5.53. The van der Waals surface area contributed by atoms with Crippen molar-refractivity contribution in [2.75, 3.05) is 26.8 Å². The summed E-state index contributed by atoms with van der Waals surface area (Å²) in [6.45, 7) is 4.71. The van der Waals surface area contributed by atoms with Gasteiger partial charge in [0, 0.05) is 39.4 Å². The molecule has 1 heterocycles. The average molecular weight is 287 g/mol. The summed E-state index contributed by atoms with van der Waals surface area (Å²) >= 11 is 0. The summed E-state index contributed by atoms with van der Waals surface area (Å²) in [6, 6.07) is 8.77. The summed E-state index contributed by atoms with van der Waals surface area (Å²) in [5.74, 6) is 0.450. The molecule has 1 aromatic heterocycles. The molecular weight excluding hydrogens is 262 g/mol. The van der Waals surface area contributed by atoms with E-state index in [4.69, 9.17) is 4.74 Å². The molecule has 0 saturated carbocycles. The Balaban J connectivity index is 2.06. The van der Waals surface area contributed by atoms with Crippen molar-refractivity contribution in [3.8, 4) is 0 Å². The van der Waals surface area contributed by atoms with E-state index in [1.54, 1.807) is 7.11 Å². The molecule has 0 spiro atoms. The monoisotopic (exact) mass is 287 g/mol. The molecule has 2 aromatic rings. The molecule has 0 bridgehead atoms. The molecule has 1 aromatic carbocycles. The van der Waals surface area contributed by atoms with Crippen LogP contribution in [0.25, 0.3) is 0 Å². The van der Waals surface area contributed by atoms with Gasteiger partial charge in [0.05, 0.1) is 12.8 Å². The van der Waals surface area contributed by atoms with E-state index in [1.807, 2.05) is 17.9 Å². The van der Waals surface area contributed by atoms with Crippen LogP contribution in [0.5, 0.6) is 0 Å². The first-order valence-corrected chi connectivity index (χ1v) is 7.43. The standard InChI is InChI=1S/C17H25N3O/c1-14-5-4-6-16(9-14)17(12-18-7-8-21-3)10-15-11-19-20(2)13-15/h4-6,9,11,13,17-18H,7-8,10,12H2,1-3H3. The Morgan fingerprint density at radius 3 is 2.90 bits per heavy atom. The maximum absolute atomic E-state index is 5.09. The Labute approximate surface area is 127 Å². The summed E-state index contributed by atoms with van der Waals surface area (Å²) in [7, 11) is 3.69. The number of aryl methyl sites for hydroxylation is 2. The van der Waals surface area contributed by atoms with Crippen LogP contribution in [-0.4, -0.2) is 36.6 Å². The number of aromatic nitrogens is 2. The van der Waals surface area contributed by atoms with Crippen molar-refractivity contribution in [3.63, 3.8) is 0 Å². The lowest BCUT2D eigenvalue weighted by atomic mass is 9.92. The van der Waals surface area contributed by atoms with Crippen molar-refractivity contribution >= 4 is 0 Å². The molecule has 4 heteroatoms. The predicted molar refractivity (Wildman–Crippen MR) is 85.6 cm³/mol. The van der Waals surface area contributed by atoms with Gasteiger partial charge in [-0.1, -0.05) is 29.8 Å². The molecule has 1 N–H and O–H groups in total. The van der Waals surface area contributed by atoms with Crippen LogP contribution in [0, 0.1) is 6.92 Å². The third-order valence-electron chi connectivity index (χ3n) is 3.63. The first-order valence-electron chi connectivity index (χ1n) is 7.43. The Kier molecular flexibility index (Phi) is 5.96. The molecule has 0 aliphatic carbocycles. The van der Waals surface area contributed by atoms with Gasteiger partial charge in [0.15, 0.2) is 0 Å². The highest BCUT2D eigenvalue weighted by Gasteiger charge is 2.13. The molecule has 0 fully saturated rings. The van der Waals surface area contributed by atoms with Crippen LogP contribution in [0.2, 0.25) is 0 Å². The van der Waals surface area contributed by atoms with Gasteiger partial charge >= 0.3 is 0 Å². The molecule has 0 saturated heterocycles. The second kappa shape index (κ2) is 7.96. The molecular formula is C17H25N3O. The summed E-state index contributed by atoms with van der Waals surface area (Å²) in [5, 5.41) is 7.75. The summed E-state index contributed by atoms with van der Waals surface area (Å²) < 4.78 is 6.96. The Hall–Kier alpha value is -1.65. The van der Waals surface area contributed by atoms with Crippen LogP contribution >= 0.6 is 0 Å². The van der Waals surface area contributed by atoms with Crippen molar-refractivity contribution in [2.24, 2.45) is 7.05 Å². The predicted octanol–water partition coefficient (Wildman–Crippen LogP) is 2.29. The molecule has 0 aliphatic rings. The van der Waals surface area contributed by atoms with E-state index in [-0.39, 0.29) is 0 Å². The van der Waals surface area contributed by atoms with Gasteiger partial charge in [0.1, 0.15) is 0 Å². The number of hydrogen-bond donors (Lipinski definition) is 1. The van der Waals surface area contributed by atoms with Crippen LogP contribution in [-0.2, 0) is 18.2 Å². The maximum atomic E-state index is 5.09. The largest absolute Gasteiger partial charge is 0.383 e. The number of benzene rings is 1. The minimum atomic E-state index is 0.450. The topological polar surface area (TPSA) is 39.1 Å². The number of nitrogens with zero attached hydrogens (tertiary/aromatic N) is 2. The Morgan fingerprint density at radius 1 is 1.38 bits per heavy atom. The fraction of sp³-hybridized carbons (Fsp3) is 0.471. The highest BCUT2D eigenvalue weighted by Crippen LogP contribution is 2.21. The van der Waals surface area contributed by atoms with Gasteiger partial charge in [-0.15, -0.1) is 0 Å². The summed E-state index contributed by atoms with van der Waals surface area (Å²) in [6.07, 6.45) is 5.05. The van der Waals surface area contributed by atoms with E-state index in [0.717, 1.165) is 26.1 Å². The lowest BCUT2D eigenvalue weighted by Gasteiger charge is -2.18. The van der Waals surface area contributed by atoms with E-state index < -0.39 is 0 Å². The van der Waals surface area contributed by atoms with E-state index in [2.05, 4.69) is 47.8 Å². The molecule has 1 unspecified atom stereocenters. The van der Waals surface area contributed by atoms with E-state index >= 15 is 0 Å². The molecule has 2 rings (SSSR count). The van der Waals surface area contributed by atoms with Crippen molar-refractivity contribution in [1.82, 2.24) is 15.1 Å². The van der Waals surface area contributed by atoms with Crippen molar-refractivity contribution < 1.29 is 4.74 Å². The maximum Gasteiger partial charge on any atom is 0.0587 e. The number of ether oxygens (including phenoxy) is 1. The lowest BCUT2D eigenvalue weighted by Crippen LogP contribution is -2.26. The average Bonchev–Trinajstić information content (AvgIpc) is 2.87. The highest BCUT2D eigenvalue weighted by atomic mass is 16.5. The van der Waals surface area contributed by atoms with Crippen LogP contribution in [0.3, 0.4) is 0 Å². The van der Waals surface area contributed by atoms with Gasteiger partial charge < -0.3 is 10.1 Å². The van der Waals surface area contributed by atoms with Crippen LogP contribution in [0.15, 0.2) is 36.7 Å². The quantitative estimate of drug-likeness (QED) is 0.757. The van der Waals surface area contributed by atoms with Gasteiger partial charge in [-0.05, 0) is 24.5 Å². The number of rotatable bonds is 8. The van der Waals surface area contributed by atoms with Gasteiger partial charge in [0.25, 0.3) is 0 Å². The van der Waals surface area contributed by atoms with Crippen molar-refractivity contribution in [3.05, 3.63) is 53.3 Å². The van der Waals surface area contributed by atoms with E-state index in [9.17, 15) is 0 Å². The van der Waals surface area contributed by atoms with E-state index in [1.165, 1.54) is 16.7 Å². The van der Waals surface area contributed by atoms with Gasteiger partial charge in [0.2, 0.25) is 0 Å². The molecule has 0 radical (unpaired) electrons. The second-order valence-electron chi connectivity index (χ2n) is 5.53. The van der Waals surface area contributed by atoms with Gasteiger partial charge in [-0.3, -0.25) is 4.68 Å². The Bertz CT molecular complexity index is 550. The number of methoxy groups -OCH3 is 1. The highest BCUT2D eigenvalue weighted by molar-refractivity contribution is 5.27. The fourth-order valence-electron chi connectivity index (χ4n) is 2.54. The molecule has 1 atom stereocenters. The molecule has 0 aliphatic heterocycles. The first-order chi connectivity index (χ1) is 10.2. The number of nitrogens with one attached hydrogen (secondary N) is 1.